The van der Waals surface area contributed by atoms with Crippen LogP contribution in [0, 0.1) is 5.82 Å². The molecule has 0 bridgehead atoms. The van der Waals surface area contributed by atoms with E-state index in [0.29, 0.717) is 12.6 Å². The zero-order valence-electron chi connectivity index (χ0n) is 11.7. The number of aliphatic imine (C=N–C) groups is 1. The van der Waals surface area contributed by atoms with E-state index in [9.17, 15) is 4.39 Å². The van der Waals surface area contributed by atoms with Gasteiger partial charge in [0.2, 0.25) is 0 Å². The molecule has 0 heterocycles. The Bertz CT molecular complexity index is 435. The first-order valence-corrected chi connectivity index (χ1v) is 6.48. The first-order valence-electron chi connectivity index (χ1n) is 6.48. The maximum Gasteiger partial charge on any atom is 0.191 e. The van der Waals surface area contributed by atoms with Crippen LogP contribution in [0.1, 0.15) is 24.5 Å². The topological polar surface area (TPSA) is 45.7 Å². The lowest BCUT2D eigenvalue weighted by Crippen LogP contribution is -2.40. The van der Waals surface area contributed by atoms with Crippen LogP contribution in [0.5, 0.6) is 0 Å². The third-order valence-electron chi connectivity index (χ3n) is 3.12. The minimum Gasteiger partial charge on any atom is -0.375 e. The highest BCUT2D eigenvalue weighted by Crippen LogP contribution is 2.19. The molecule has 0 aromatic heterocycles. The number of nitrogens with zero attached hydrogens (tertiary/aromatic N) is 1. The maximum absolute atomic E-state index is 12.9. The van der Waals surface area contributed by atoms with Crippen molar-refractivity contribution in [3.05, 3.63) is 35.6 Å². The van der Waals surface area contributed by atoms with Crippen molar-refractivity contribution in [1.29, 1.82) is 0 Å². The van der Waals surface area contributed by atoms with Crippen LogP contribution in [0.4, 0.5) is 4.39 Å². The molecule has 2 N–H and O–H groups in total. The van der Waals surface area contributed by atoms with Gasteiger partial charge in [0.05, 0.1) is 6.10 Å². The van der Waals surface area contributed by atoms with Crippen molar-refractivity contribution in [3.63, 3.8) is 0 Å². The van der Waals surface area contributed by atoms with Gasteiger partial charge in [0, 0.05) is 26.7 Å². The molecule has 6 heteroatoms. The molecule has 1 saturated carbocycles. The molecule has 1 aromatic rings. The third kappa shape index (κ3) is 5.24. The zero-order valence-corrected chi connectivity index (χ0v) is 14.1. The molecule has 112 valence electrons. The summed E-state index contributed by atoms with van der Waals surface area (Å²) in [6.45, 7) is 0.592. The Morgan fingerprint density at radius 3 is 2.55 bits per heavy atom. The Balaban J connectivity index is 0.00000200. The van der Waals surface area contributed by atoms with Crippen LogP contribution >= 0.6 is 24.0 Å². The van der Waals surface area contributed by atoms with E-state index in [0.717, 1.165) is 11.5 Å². The molecule has 1 fully saturated rings. The number of benzene rings is 1. The van der Waals surface area contributed by atoms with Gasteiger partial charge in [-0.3, -0.25) is 4.99 Å². The normalized spacial score (nSPS) is 16.2. The van der Waals surface area contributed by atoms with Gasteiger partial charge in [-0.2, -0.15) is 0 Å². The number of halogens is 2. The second-order valence-electron chi connectivity index (χ2n) is 4.65. The molecule has 20 heavy (non-hydrogen) atoms. The third-order valence-corrected chi connectivity index (χ3v) is 3.12. The minimum atomic E-state index is -0.238. The molecule has 0 saturated heterocycles. The molecule has 0 amide bonds. The summed E-state index contributed by atoms with van der Waals surface area (Å²) in [6.07, 6.45) is 2.27. The van der Waals surface area contributed by atoms with Gasteiger partial charge in [0.25, 0.3) is 0 Å². The van der Waals surface area contributed by atoms with E-state index in [1.165, 1.54) is 25.0 Å². The second-order valence-corrected chi connectivity index (χ2v) is 4.65. The van der Waals surface area contributed by atoms with Gasteiger partial charge in [-0.05, 0) is 30.5 Å². The molecule has 1 aromatic carbocycles. The summed E-state index contributed by atoms with van der Waals surface area (Å²) in [6, 6.07) is 6.92. The van der Waals surface area contributed by atoms with Crippen molar-refractivity contribution >= 4 is 29.9 Å². The average molecular weight is 393 g/mol. The van der Waals surface area contributed by atoms with Gasteiger partial charge in [0.1, 0.15) is 5.82 Å². The van der Waals surface area contributed by atoms with Crippen LogP contribution in [0.25, 0.3) is 0 Å². The molecule has 0 aliphatic heterocycles. The van der Waals surface area contributed by atoms with Crippen molar-refractivity contribution in [2.45, 2.75) is 25.0 Å². The van der Waals surface area contributed by atoms with E-state index in [1.54, 1.807) is 26.3 Å². The van der Waals surface area contributed by atoms with Gasteiger partial charge in [0.15, 0.2) is 5.96 Å². The smallest absolute Gasteiger partial charge is 0.191 e. The SMILES string of the molecule is CN=C(NCC(OC)c1ccc(F)cc1)NC1CC1.I. The summed E-state index contributed by atoms with van der Waals surface area (Å²) in [5.41, 5.74) is 0.943. The van der Waals surface area contributed by atoms with Crippen LogP contribution in [0.3, 0.4) is 0 Å². The molecular weight excluding hydrogens is 372 g/mol. The highest BCUT2D eigenvalue weighted by atomic mass is 127. The summed E-state index contributed by atoms with van der Waals surface area (Å²) < 4.78 is 18.3. The molecular formula is C14H21FIN3O. The number of nitrogens with one attached hydrogen (secondary N) is 2. The fourth-order valence-electron chi connectivity index (χ4n) is 1.82. The van der Waals surface area contributed by atoms with E-state index in [1.807, 2.05) is 0 Å². The highest BCUT2D eigenvalue weighted by Gasteiger charge is 2.22. The number of rotatable bonds is 5. The Hall–Kier alpha value is -0.890. The van der Waals surface area contributed by atoms with Gasteiger partial charge in [-0.25, -0.2) is 4.39 Å². The summed E-state index contributed by atoms with van der Waals surface area (Å²) in [5.74, 6) is 0.546. The van der Waals surface area contributed by atoms with E-state index in [4.69, 9.17) is 4.74 Å². The molecule has 1 aliphatic rings. The van der Waals surface area contributed by atoms with Crippen molar-refractivity contribution in [2.24, 2.45) is 4.99 Å². The Morgan fingerprint density at radius 1 is 1.40 bits per heavy atom. The van der Waals surface area contributed by atoms with Crippen LogP contribution in [-0.2, 0) is 4.74 Å². The monoisotopic (exact) mass is 393 g/mol. The highest BCUT2D eigenvalue weighted by molar-refractivity contribution is 14.0. The number of hydrogen-bond acceptors (Lipinski definition) is 2. The van der Waals surface area contributed by atoms with Crippen molar-refractivity contribution in [2.75, 3.05) is 20.7 Å². The van der Waals surface area contributed by atoms with E-state index in [-0.39, 0.29) is 35.9 Å². The predicted molar refractivity (Wildman–Crippen MR) is 89.1 cm³/mol. The molecule has 1 aliphatic carbocycles. The van der Waals surface area contributed by atoms with Crippen molar-refractivity contribution < 1.29 is 9.13 Å². The number of methoxy groups -OCH3 is 1. The lowest BCUT2D eigenvalue weighted by atomic mass is 10.1. The lowest BCUT2D eigenvalue weighted by molar-refractivity contribution is 0.106. The van der Waals surface area contributed by atoms with Gasteiger partial charge in [-0.1, -0.05) is 12.1 Å². The lowest BCUT2D eigenvalue weighted by Gasteiger charge is -2.18. The largest absolute Gasteiger partial charge is 0.375 e. The van der Waals surface area contributed by atoms with Crippen LogP contribution in [-0.4, -0.2) is 32.7 Å². The molecule has 1 atom stereocenters. The molecule has 1 unspecified atom stereocenters. The van der Waals surface area contributed by atoms with E-state index < -0.39 is 0 Å². The fraction of sp³-hybridized carbons (Fsp3) is 0.500. The van der Waals surface area contributed by atoms with Gasteiger partial charge < -0.3 is 15.4 Å². The standard InChI is InChI=1S/C14H20FN3O.HI/c1-16-14(18-12-7-8-12)17-9-13(19-2)10-3-5-11(15)6-4-10;/h3-6,12-13H,7-9H2,1-2H3,(H2,16,17,18);1H. The molecule has 4 nitrogen and oxygen atoms in total. The minimum absolute atomic E-state index is 0. The number of hydrogen-bond donors (Lipinski definition) is 2. The molecule has 2 rings (SSSR count). The average Bonchev–Trinajstić information content (AvgIpc) is 3.24. The first-order chi connectivity index (χ1) is 9.22. The number of guanidine groups is 1. The van der Waals surface area contributed by atoms with Gasteiger partial charge >= 0.3 is 0 Å². The fourth-order valence-corrected chi connectivity index (χ4v) is 1.82. The second kappa shape index (κ2) is 8.41. The Kier molecular flexibility index (Phi) is 7.22. The summed E-state index contributed by atoms with van der Waals surface area (Å²) in [7, 11) is 3.39. The van der Waals surface area contributed by atoms with E-state index in [2.05, 4.69) is 15.6 Å². The zero-order chi connectivity index (χ0) is 13.7. The molecule has 0 radical (unpaired) electrons. The van der Waals surface area contributed by atoms with Crippen LogP contribution in [0.15, 0.2) is 29.3 Å². The van der Waals surface area contributed by atoms with Gasteiger partial charge in [-0.15, -0.1) is 24.0 Å². The van der Waals surface area contributed by atoms with Crippen molar-refractivity contribution in [1.82, 2.24) is 10.6 Å². The summed E-state index contributed by atoms with van der Waals surface area (Å²) >= 11 is 0. The predicted octanol–water partition coefficient (Wildman–Crippen LogP) is 2.46. The first kappa shape index (κ1) is 17.2. The van der Waals surface area contributed by atoms with Crippen molar-refractivity contribution in [3.8, 4) is 0 Å². The Morgan fingerprint density at radius 2 is 2.05 bits per heavy atom. The van der Waals surface area contributed by atoms with E-state index >= 15 is 0 Å². The summed E-state index contributed by atoms with van der Waals surface area (Å²) in [5, 5.41) is 6.53. The Labute approximate surface area is 136 Å². The number of ether oxygens (including phenoxy) is 1. The summed E-state index contributed by atoms with van der Waals surface area (Å²) in [4.78, 5) is 4.16. The van der Waals surface area contributed by atoms with Crippen LogP contribution < -0.4 is 10.6 Å². The maximum atomic E-state index is 12.9. The quantitative estimate of drug-likeness (QED) is 0.459. The van der Waals surface area contributed by atoms with Crippen LogP contribution in [0.2, 0.25) is 0 Å². The molecule has 0 spiro atoms.